The van der Waals surface area contributed by atoms with Crippen molar-refractivity contribution < 1.29 is 23.9 Å². The van der Waals surface area contributed by atoms with E-state index in [2.05, 4.69) is 17.5 Å². The quantitative estimate of drug-likeness (QED) is 0.449. The predicted molar refractivity (Wildman–Crippen MR) is 126 cm³/mol. The van der Waals surface area contributed by atoms with Crippen molar-refractivity contribution in [1.82, 2.24) is 0 Å². The van der Waals surface area contributed by atoms with Crippen LogP contribution in [0.2, 0.25) is 0 Å². The molecule has 1 aromatic heterocycles. The number of hydrogen-bond donors (Lipinski definition) is 1. The van der Waals surface area contributed by atoms with E-state index in [1.807, 2.05) is 35.6 Å². The molecule has 0 spiro atoms. The number of hydrogen-bond acceptors (Lipinski definition) is 5. The Bertz CT molecular complexity index is 1120. The van der Waals surface area contributed by atoms with Crippen molar-refractivity contribution in [1.29, 1.82) is 0 Å². The van der Waals surface area contributed by atoms with Gasteiger partial charge in [-0.3, -0.25) is 0 Å². The van der Waals surface area contributed by atoms with Crippen molar-refractivity contribution in [2.45, 2.75) is 31.0 Å². The number of carbonyl (C=O) groups is 1. The topological polar surface area (TPSA) is 55.8 Å². The predicted octanol–water partition coefficient (Wildman–Crippen LogP) is 4.48. The first kappa shape index (κ1) is 20.9. The average Bonchev–Trinajstić information content (AvgIpc) is 3.38. The molecule has 1 atom stereocenters. The van der Waals surface area contributed by atoms with Crippen LogP contribution in [0.3, 0.4) is 0 Å². The fraction of sp³-hybridized carbons (Fsp3) is 0.370. The van der Waals surface area contributed by atoms with E-state index in [1.54, 1.807) is 24.3 Å². The molecule has 3 fully saturated rings. The van der Waals surface area contributed by atoms with Crippen LogP contribution in [0.1, 0.15) is 28.8 Å². The molecule has 6 heteroatoms. The summed E-state index contributed by atoms with van der Waals surface area (Å²) in [5.41, 5.74) is -0.993. The standard InChI is InChI=1S/C27H28NO4S/c29-26(27(30)21-7-1-3-9-23(21)31-24-10-4-2-8-22(24)27)32-25-18-28(14-11-19(25)12-15-28)16-13-20-6-5-17-33-20/h1-10,17,19,25,30H,11-16,18H2/q+1. The summed E-state index contributed by atoms with van der Waals surface area (Å²) in [6, 6.07) is 18.7. The Kier molecular flexibility index (Phi) is 5.05. The third kappa shape index (κ3) is 3.48. The SMILES string of the molecule is O=C(OC1C[N+]2(CCc3cccs3)CCC1CC2)C1(O)c2ccccc2Oc2ccccc21. The van der Waals surface area contributed by atoms with Gasteiger partial charge in [0.15, 0.2) is 6.10 Å². The molecule has 4 aliphatic rings. The van der Waals surface area contributed by atoms with Crippen molar-refractivity contribution in [2.75, 3.05) is 26.2 Å². The number of piperidine rings is 3. The number of benzene rings is 2. The van der Waals surface area contributed by atoms with Crippen molar-refractivity contribution in [3.63, 3.8) is 0 Å². The van der Waals surface area contributed by atoms with E-state index in [1.165, 1.54) is 4.88 Å². The third-order valence-corrected chi connectivity index (χ3v) is 8.72. The summed E-state index contributed by atoms with van der Waals surface area (Å²) < 4.78 is 13.2. The van der Waals surface area contributed by atoms with Gasteiger partial charge in [-0.05, 0) is 23.6 Å². The highest BCUT2D eigenvalue weighted by Gasteiger charge is 2.52. The van der Waals surface area contributed by atoms with Crippen molar-refractivity contribution in [3.05, 3.63) is 82.0 Å². The van der Waals surface area contributed by atoms with Gasteiger partial charge in [-0.2, -0.15) is 0 Å². The first-order chi connectivity index (χ1) is 16.1. The van der Waals surface area contributed by atoms with Gasteiger partial charge < -0.3 is 19.1 Å². The Labute approximate surface area is 197 Å². The molecule has 4 aliphatic heterocycles. The summed E-state index contributed by atoms with van der Waals surface area (Å²) in [6.45, 7) is 4.20. The molecule has 1 N–H and O–H groups in total. The van der Waals surface area contributed by atoms with Gasteiger partial charge >= 0.3 is 5.97 Å². The molecule has 0 saturated carbocycles. The maximum atomic E-state index is 13.7. The first-order valence-corrected chi connectivity index (χ1v) is 12.6. The lowest BCUT2D eigenvalue weighted by molar-refractivity contribution is -0.946. The monoisotopic (exact) mass is 462 g/mol. The van der Waals surface area contributed by atoms with E-state index in [0.29, 0.717) is 28.5 Å². The van der Waals surface area contributed by atoms with Gasteiger partial charge in [-0.15, -0.1) is 11.3 Å². The van der Waals surface area contributed by atoms with Crippen molar-refractivity contribution >= 4 is 17.3 Å². The van der Waals surface area contributed by atoms with E-state index in [0.717, 1.165) is 49.9 Å². The number of nitrogens with zero attached hydrogens (tertiary/aromatic N) is 1. The number of esters is 1. The lowest BCUT2D eigenvalue weighted by Crippen LogP contribution is -2.65. The van der Waals surface area contributed by atoms with E-state index in [4.69, 9.17) is 9.47 Å². The molecule has 0 radical (unpaired) electrons. The molecule has 170 valence electrons. The van der Waals surface area contributed by atoms with E-state index < -0.39 is 11.6 Å². The summed E-state index contributed by atoms with van der Waals surface area (Å²) in [5, 5.41) is 14.0. The second-order valence-electron chi connectivity index (χ2n) is 9.61. The van der Waals surface area contributed by atoms with Gasteiger partial charge in [0.1, 0.15) is 18.0 Å². The van der Waals surface area contributed by atoms with Gasteiger partial charge in [-0.25, -0.2) is 4.79 Å². The molecule has 2 bridgehead atoms. The van der Waals surface area contributed by atoms with Crippen LogP contribution in [-0.2, 0) is 21.6 Å². The maximum absolute atomic E-state index is 13.7. The van der Waals surface area contributed by atoms with Crippen LogP contribution in [-0.4, -0.2) is 47.8 Å². The zero-order valence-corrected chi connectivity index (χ0v) is 19.3. The number of quaternary nitrogens is 1. The number of carbonyl (C=O) groups excluding carboxylic acids is 1. The number of aliphatic hydroxyl groups is 1. The van der Waals surface area contributed by atoms with Crippen LogP contribution in [0.15, 0.2) is 66.0 Å². The number of para-hydroxylation sites is 2. The van der Waals surface area contributed by atoms with Gasteiger partial charge in [0.2, 0.25) is 5.60 Å². The Balaban J connectivity index is 1.27. The largest absolute Gasteiger partial charge is 0.457 e. The summed E-state index contributed by atoms with van der Waals surface area (Å²) >= 11 is 1.81. The number of thiophene rings is 1. The van der Waals surface area contributed by atoms with Crippen molar-refractivity contribution in [3.8, 4) is 11.5 Å². The van der Waals surface area contributed by atoms with Gasteiger partial charge in [0.25, 0.3) is 0 Å². The number of ether oxygens (including phenoxy) is 2. The van der Waals surface area contributed by atoms with E-state index in [9.17, 15) is 9.90 Å². The Hall–Kier alpha value is -2.67. The second-order valence-corrected chi connectivity index (χ2v) is 10.6. The highest BCUT2D eigenvalue weighted by molar-refractivity contribution is 7.09. The highest BCUT2D eigenvalue weighted by Crippen LogP contribution is 2.48. The molecule has 0 aliphatic carbocycles. The molecule has 2 aromatic carbocycles. The molecular weight excluding hydrogens is 434 g/mol. The summed E-state index contributed by atoms with van der Waals surface area (Å²) in [5.74, 6) is 0.749. The molecule has 5 nitrogen and oxygen atoms in total. The van der Waals surface area contributed by atoms with Gasteiger partial charge in [0, 0.05) is 41.2 Å². The molecule has 3 saturated heterocycles. The Morgan fingerprint density at radius 3 is 2.33 bits per heavy atom. The van der Waals surface area contributed by atoms with Crippen LogP contribution in [0.25, 0.3) is 0 Å². The minimum absolute atomic E-state index is 0.172. The molecule has 7 rings (SSSR count). The Morgan fingerprint density at radius 2 is 1.70 bits per heavy atom. The van der Waals surface area contributed by atoms with E-state index >= 15 is 0 Å². The lowest BCUT2D eigenvalue weighted by Gasteiger charge is -2.52. The number of fused-ring (bicyclic) bond motifs is 5. The zero-order chi connectivity index (χ0) is 22.5. The lowest BCUT2D eigenvalue weighted by atomic mass is 9.81. The summed E-state index contributed by atoms with van der Waals surface area (Å²) in [7, 11) is 0. The van der Waals surface area contributed by atoms with Crippen molar-refractivity contribution in [2.24, 2.45) is 5.92 Å². The van der Waals surface area contributed by atoms with Crippen LogP contribution in [0.4, 0.5) is 0 Å². The normalized spacial score (nSPS) is 26.7. The fourth-order valence-electron chi connectivity index (χ4n) is 5.89. The second kappa shape index (κ2) is 7.97. The minimum Gasteiger partial charge on any atom is -0.457 e. The minimum atomic E-state index is -1.88. The van der Waals surface area contributed by atoms with Crippen LogP contribution >= 0.6 is 11.3 Å². The van der Waals surface area contributed by atoms with Crippen LogP contribution in [0, 0.1) is 5.92 Å². The highest BCUT2D eigenvalue weighted by atomic mass is 32.1. The van der Waals surface area contributed by atoms with Gasteiger partial charge in [0.05, 0.1) is 19.6 Å². The smallest absolute Gasteiger partial charge is 0.348 e. The third-order valence-electron chi connectivity index (χ3n) is 7.78. The maximum Gasteiger partial charge on any atom is 0.348 e. The summed E-state index contributed by atoms with van der Waals surface area (Å²) in [4.78, 5) is 15.1. The molecule has 1 unspecified atom stereocenters. The van der Waals surface area contributed by atoms with E-state index in [-0.39, 0.29) is 6.10 Å². The van der Waals surface area contributed by atoms with Crippen LogP contribution < -0.4 is 4.74 Å². The average molecular weight is 463 g/mol. The number of rotatable bonds is 5. The van der Waals surface area contributed by atoms with Gasteiger partial charge in [-0.1, -0.05) is 42.5 Å². The molecule has 33 heavy (non-hydrogen) atoms. The molecular formula is C27H28NO4S+. The molecule has 3 aromatic rings. The summed E-state index contributed by atoms with van der Waals surface area (Å²) in [6.07, 6.45) is 3.02. The first-order valence-electron chi connectivity index (χ1n) is 11.8. The zero-order valence-electron chi connectivity index (χ0n) is 18.5. The fourth-order valence-corrected chi connectivity index (χ4v) is 6.58. The molecule has 5 heterocycles. The molecule has 0 amide bonds. The Morgan fingerprint density at radius 1 is 1.03 bits per heavy atom. The van der Waals surface area contributed by atoms with Crippen LogP contribution in [0.5, 0.6) is 11.5 Å².